The van der Waals surface area contributed by atoms with E-state index < -0.39 is 0 Å². The number of Topliss-reactive ketones (excluding diaryl/α,β-unsaturated/α-hetero) is 1. The van der Waals surface area contributed by atoms with Gasteiger partial charge in [0.2, 0.25) is 0 Å². The van der Waals surface area contributed by atoms with E-state index in [0.29, 0.717) is 13.2 Å². The first-order chi connectivity index (χ1) is 9.72. The summed E-state index contributed by atoms with van der Waals surface area (Å²) >= 11 is 0. The van der Waals surface area contributed by atoms with E-state index >= 15 is 0 Å². The molecule has 0 aromatic heterocycles. The molecule has 0 amide bonds. The molecule has 1 aromatic rings. The molecule has 0 spiro atoms. The summed E-state index contributed by atoms with van der Waals surface area (Å²) < 4.78 is 5.42. The number of carbonyl (C=O) groups excluding carboxylic acids is 1. The van der Waals surface area contributed by atoms with Crippen LogP contribution in [0.25, 0.3) is 0 Å². The van der Waals surface area contributed by atoms with Gasteiger partial charge < -0.3 is 10.5 Å². The molecule has 0 bridgehead atoms. The number of ketones is 1. The van der Waals surface area contributed by atoms with E-state index in [4.69, 9.17) is 10.5 Å². The van der Waals surface area contributed by atoms with Crippen LogP contribution >= 0.6 is 0 Å². The minimum absolute atomic E-state index is 0.213. The average Bonchev–Trinajstić information content (AvgIpc) is 2.74. The molecule has 1 aliphatic rings. The van der Waals surface area contributed by atoms with E-state index in [1.807, 2.05) is 31.2 Å². The Morgan fingerprint density at radius 3 is 2.25 bits per heavy atom. The van der Waals surface area contributed by atoms with E-state index in [2.05, 4.69) is 0 Å². The van der Waals surface area contributed by atoms with Gasteiger partial charge in [-0.3, -0.25) is 4.79 Å². The highest BCUT2D eigenvalue weighted by molar-refractivity contribution is 6.00. The second kappa shape index (κ2) is 6.89. The van der Waals surface area contributed by atoms with Crippen LogP contribution in [0, 0.1) is 5.41 Å². The van der Waals surface area contributed by atoms with Gasteiger partial charge in [-0.15, -0.1) is 0 Å². The number of ether oxygens (including phenoxy) is 1. The third kappa shape index (κ3) is 3.21. The molecule has 2 N–H and O–H groups in total. The molecule has 1 saturated carbocycles. The lowest BCUT2D eigenvalue weighted by Gasteiger charge is -2.29. The minimum Gasteiger partial charge on any atom is -0.494 e. The molecular weight excluding hydrogens is 250 g/mol. The van der Waals surface area contributed by atoms with Crippen molar-refractivity contribution in [3.63, 3.8) is 0 Å². The third-order valence-corrected chi connectivity index (χ3v) is 4.36. The second-order valence-electron chi connectivity index (χ2n) is 5.69. The summed E-state index contributed by atoms with van der Waals surface area (Å²) in [6.45, 7) is 3.05. The van der Waals surface area contributed by atoms with Crippen LogP contribution in [-0.2, 0) is 0 Å². The van der Waals surface area contributed by atoms with Gasteiger partial charge in [0, 0.05) is 17.5 Å². The molecule has 0 radical (unpaired) electrons. The fraction of sp³-hybridized carbons (Fsp3) is 0.588. The van der Waals surface area contributed by atoms with Crippen molar-refractivity contribution in [3.8, 4) is 5.75 Å². The zero-order chi connectivity index (χ0) is 14.4. The molecule has 0 saturated heterocycles. The molecule has 3 nitrogen and oxygen atoms in total. The molecule has 20 heavy (non-hydrogen) atoms. The predicted molar refractivity (Wildman–Crippen MR) is 81.1 cm³/mol. The van der Waals surface area contributed by atoms with Crippen molar-refractivity contribution in [2.45, 2.75) is 45.4 Å². The van der Waals surface area contributed by atoms with Gasteiger partial charge in [-0.05, 0) is 44.0 Å². The normalized spacial score (nSPS) is 18.3. The highest BCUT2D eigenvalue weighted by Crippen LogP contribution is 2.37. The fourth-order valence-corrected chi connectivity index (χ4v) is 3.10. The SMILES string of the molecule is CCOc1ccc(C(=O)C2(CN)CCCCCC2)cc1. The van der Waals surface area contributed by atoms with Crippen molar-refractivity contribution in [2.24, 2.45) is 11.1 Å². The first-order valence-corrected chi connectivity index (χ1v) is 7.69. The summed E-state index contributed by atoms with van der Waals surface area (Å²) in [5.74, 6) is 1.02. The first kappa shape index (κ1) is 15.0. The van der Waals surface area contributed by atoms with Crippen LogP contribution in [-0.4, -0.2) is 18.9 Å². The molecule has 0 atom stereocenters. The maximum atomic E-state index is 12.9. The molecule has 0 unspecified atom stereocenters. The maximum Gasteiger partial charge on any atom is 0.170 e. The smallest absolute Gasteiger partial charge is 0.170 e. The summed E-state index contributed by atoms with van der Waals surface area (Å²) in [4.78, 5) is 12.9. The standard InChI is InChI=1S/C17H25NO2/c1-2-20-15-9-7-14(8-10-15)16(19)17(13-18)11-5-3-4-6-12-17/h7-10H,2-6,11-13,18H2,1H3. The summed E-state index contributed by atoms with van der Waals surface area (Å²) in [5, 5.41) is 0. The third-order valence-electron chi connectivity index (χ3n) is 4.36. The van der Waals surface area contributed by atoms with Gasteiger partial charge in [0.05, 0.1) is 6.61 Å². The zero-order valence-corrected chi connectivity index (χ0v) is 12.4. The lowest BCUT2D eigenvalue weighted by atomic mass is 9.74. The summed E-state index contributed by atoms with van der Waals surface area (Å²) in [6, 6.07) is 7.49. The van der Waals surface area contributed by atoms with Gasteiger partial charge in [0.25, 0.3) is 0 Å². The van der Waals surface area contributed by atoms with Crippen LogP contribution in [0.5, 0.6) is 5.75 Å². The molecule has 110 valence electrons. The van der Waals surface area contributed by atoms with Crippen molar-refractivity contribution in [3.05, 3.63) is 29.8 Å². The highest BCUT2D eigenvalue weighted by Gasteiger charge is 2.37. The average molecular weight is 275 g/mol. The summed E-state index contributed by atoms with van der Waals surface area (Å²) in [7, 11) is 0. The number of rotatable bonds is 5. The predicted octanol–water partition coefficient (Wildman–Crippen LogP) is 3.57. The maximum absolute atomic E-state index is 12.9. The van der Waals surface area contributed by atoms with Crippen molar-refractivity contribution < 1.29 is 9.53 Å². The molecule has 0 aliphatic heterocycles. The van der Waals surface area contributed by atoms with E-state index in [0.717, 1.165) is 37.0 Å². The van der Waals surface area contributed by atoms with Gasteiger partial charge in [-0.1, -0.05) is 25.7 Å². The van der Waals surface area contributed by atoms with Crippen LogP contribution < -0.4 is 10.5 Å². The van der Waals surface area contributed by atoms with Gasteiger partial charge in [0.15, 0.2) is 5.78 Å². The van der Waals surface area contributed by atoms with Crippen LogP contribution in [0.2, 0.25) is 0 Å². The van der Waals surface area contributed by atoms with E-state index in [-0.39, 0.29) is 11.2 Å². The number of nitrogens with two attached hydrogens (primary N) is 1. The number of benzene rings is 1. The molecule has 1 fully saturated rings. The van der Waals surface area contributed by atoms with Gasteiger partial charge in [-0.25, -0.2) is 0 Å². The molecule has 1 aromatic carbocycles. The number of carbonyl (C=O) groups is 1. The monoisotopic (exact) mass is 275 g/mol. The molecular formula is C17H25NO2. The van der Waals surface area contributed by atoms with Gasteiger partial charge in [0.1, 0.15) is 5.75 Å². The molecule has 3 heteroatoms. The van der Waals surface area contributed by atoms with Gasteiger partial charge in [-0.2, -0.15) is 0 Å². The lowest BCUT2D eigenvalue weighted by Crippen LogP contribution is -2.38. The topological polar surface area (TPSA) is 52.3 Å². The molecule has 1 aliphatic carbocycles. The summed E-state index contributed by atoms with van der Waals surface area (Å²) in [5.41, 5.74) is 6.40. The Kier molecular flexibility index (Phi) is 5.18. The van der Waals surface area contributed by atoms with E-state index in [1.165, 1.54) is 12.8 Å². The Morgan fingerprint density at radius 1 is 1.15 bits per heavy atom. The van der Waals surface area contributed by atoms with Crippen LogP contribution in [0.4, 0.5) is 0 Å². The van der Waals surface area contributed by atoms with Crippen molar-refractivity contribution >= 4 is 5.78 Å². The Bertz CT molecular complexity index is 431. The Balaban J connectivity index is 2.18. The van der Waals surface area contributed by atoms with Crippen LogP contribution in [0.1, 0.15) is 55.8 Å². The number of hydrogen-bond donors (Lipinski definition) is 1. The first-order valence-electron chi connectivity index (χ1n) is 7.69. The quantitative estimate of drug-likeness (QED) is 0.660. The van der Waals surface area contributed by atoms with Crippen molar-refractivity contribution in [2.75, 3.05) is 13.2 Å². The summed E-state index contributed by atoms with van der Waals surface area (Å²) in [6.07, 6.45) is 6.52. The highest BCUT2D eigenvalue weighted by atomic mass is 16.5. The Labute approximate surface area is 121 Å². The molecule has 2 rings (SSSR count). The second-order valence-corrected chi connectivity index (χ2v) is 5.69. The number of hydrogen-bond acceptors (Lipinski definition) is 3. The Morgan fingerprint density at radius 2 is 1.75 bits per heavy atom. The lowest BCUT2D eigenvalue weighted by molar-refractivity contribution is 0.0774. The van der Waals surface area contributed by atoms with Crippen LogP contribution in [0.3, 0.4) is 0 Å². The fourth-order valence-electron chi connectivity index (χ4n) is 3.10. The van der Waals surface area contributed by atoms with E-state index in [9.17, 15) is 4.79 Å². The Hall–Kier alpha value is -1.35. The van der Waals surface area contributed by atoms with Crippen LogP contribution in [0.15, 0.2) is 24.3 Å². The molecule has 0 heterocycles. The zero-order valence-electron chi connectivity index (χ0n) is 12.4. The van der Waals surface area contributed by atoms with Gasteiger partial charge >= 0.3 is 0 Å². The van der Waals surface area contributed by atoms with E-state index in [1.54, 1.807) is 0 Å². The van der Waals surface area contributed by atoms with Crippen molar-refractivity contribution in [1.82, 2.24) is 0 Å². The largest absolute Gasteiger partial charge is 0.494 e. The van der Waals surface area contributed by atoms with Crippen molar-refractivity contribution in [1.29, 1.82) is 0 Å². The minimum atomic E-state index is -0.344.